The third-order valence-corrected chi connectivity index (χ3v) is 7.34. The van der Waals surface area contributed by atoms with E-state index in [1.54, 1.807) is 12.1 Å². The van der Waals surface area contributed by atoms with Gasteiger partial charge in [0.2, 0.25) is 0 Å². The van der Waals surface area contributed by atoms with Crippen LogP contribution in [0.1, 0.15) is 36.8 Å². The second kappa shape index (κ2) is 8.24. The van der Waals surface area contributed by atoms with Gasteiger partial charge in [-0.15, -0.1) is 0 Å². The van der Waals surface area contributed by atoms with Gasteiger partial charge in [0, 0.05) is 18.1 Å². The Morgan fingerprint density at radius 3 is 2.39 bits per heavy atom. The second-order valence-electron chi connectivity index (χ2n) is 8.17. The van der Waals surface area contributed by atoms with Gasteiger partial charge < -0.3 is 13.7 Å². The van der Waals surface area contributed by atoms with E-state index in [1.807, 2.05) is 6.92 Å². The predicted octanol–water partition coefficient (Wildman–Crippen LogP) is 4.82. The van der Waals surface area contributed by atoms with Crippen molar-refractivity contribution in [2.45, 2.75) is 44.0 Å². The van der Waals surface area contributed by atoms with Crippen LogP contribution < -0.4 is 4.18 Å². The number of hydrogen-bond acceptors (Lipinski definition) is 4. The maximum atomic E-state index is 14.1. The molecule has 166 valence electrons. The molecule has 3 aromatic rings. The number of aromatic nitrogens is 1. The molecule has 8 heteroatoms. The van der Waals surface area contributed by atoms with Crippen LogP contribution in [0.25, 0.3) is 10.9 Å². The number of likely N-dealkylation sites (tertiary alicyclic amines) is 1. The molecule has 0 N–H and O–H groups in total. The number of aryl methyl sites for hydroxylation is 2. The maximum absolute atomic E-state index is 14.1. The van der Waals surface area contributed by atoms with Gasteiger partial charge in [-0.3, -0.25) is 0 Å². The predicted molar refractivity (Wildman–Crippen MR) is 116 cm³/mol. The SMILES string of the molecule is CCn1cc(C2CCN(C)CC2)c2cc(OS(=O)(=O)c3c(F)cccc3F)cc(C)c21. The zero-order valence-corrected chi connectivity index (χ0v) is 18.7. The van der Waals surface area contributed by atoms with E-state index in [2.05, 4.69) is 29.6 Å². The number of fused-ring (bicyclic) bond motifs is 1. The fourth-order valence-corrected chi connectivity index (χ4v) is 5.53. The van der Waals surface area contributed by atoms with Gasteiger partial charge >= 0.3 is 10.1 Å². The third kappa shape index (κ3) is 4.06. The molecule has 5 nitrogen and oxygen atoms in total. The van der Waals surface area contributed by atoms with Crippen molar-refractivity contribution in [1.82, 2.24) is 9.47 Å². The average molecular weight is 449 g/mol. The highest BCUT2D eigenvalue weighted by Crippen LogP contribution is 2.38. The van der Waals surface area contributed by atoms with E-state index in [9.17, 15) is 17.2 Å². The molecule has 0 radical (unpaired) electrons. The molecule has 2 heterocycles. The average Bonchev–Trinajstić information content (AvgIpc) is 3.07. The van der Waals surface area contributed by atoms with Gasteiger partial charge in [-0.2, -0.15) is 8.42 Å². The number of halogens is 2. The van der Waals surface area contributed by atoms with Gasteiger partial charge in [0.15, 0.2) is 4.90 Å². The molecule has 0 saturated carbocycles. The Morgan fingerprint density at radius 1 is 1.13 bits per heavy atom. The molecule has 1 aromatic heterocycles. The minimum absolute atomic E-state index is 0.0516. The summed E-state index contributed by atoms with van der Waals surface area (Å²) in [5.41, 5.74) is 3.03. The third-order valence-electron chi connectivity index (χ3n) is 6.04. The number of hydrogen-bond donors (Lipinski definition) is 0. The lowest BCUT2D eigenvalue weighted by Gasteiger charge is -2.28. The Bertz CT molecular complexity index is 1210. The smallest absolute Gasteiger partial charge is 0.345 e. The number of piperidine rings is 1. The van der Waals surface area contributed by atoms with E-state index in [0.717, 1.165) is 72.7 Å². The zero-order valence-electron chi connectivity index (χ0n) is 17.9. The Labute approximate surface area is 181 Å². The lowest BCUT2D eigenvalue weighted by molar-refractivity contribution is 0.256. The summed E-state index contributed by atoms with van der Waals surface area (Å²) in [5.74, 6) is -1.94. The van der Waals surface area contributed by atoms with Crippen LogP contribution in [0.3, 0.4) is 0 Å². The highest BCUT2D eigenvalue weighted by molar-refractivity contribution is 7.87. The quantitative estimate of drug-likeness (QED) is 0.525. The van der Waals surface area contributed by atoms with Gasteiger partial charge in [0.1, 0.15) is 17.4 Å². The summed E-state index contributed by atoms with van der Waals surface area (Å²) in [4.78, 5) is 1.22. The highest BCUT2D eigenvalue weighted by atomic mass is 32.2. The summed E-state index contributed by atoms with van der Waals surface area (Å²) < 4.78 is 60.8. The minimum Gasteiger partial charge on any atom is -0.379 e. The molecular weight excluding hydrogens is 422 g/mol. The van der Waals surface area contributed by atoms with Crippen molar-refractivity contribution in [3.8, 4) is 5.75 Å². The van der Waals surface area contributed by atoms with E-state index in [0.29, 0.717) is 5.92 Å². The molecule has 0 unspecified atom stereocenters. The Hall–Kier alpha value is -2.45. The second-order valence-corrected chi connectivity index (χ2v) is 9.66. The van der Waals surface area contributed by atoms with E-state index < -0.39 is 26.6 Å². The van der Waals surface area contributed by atoms with Crippen LogP contribution in [-0.4, -0.2) is 38.0 Å². The van der Waals surface area contributed by atoms with E-state index in [-0.39, 0.29) is 5.75 Å². The van der Waals surface area contributed by atoms with Crippen LogP contribution in [0.2, 0.25) is 0 Å². The van der Waals surface area contributed by atoms with Gasteiger partial charge in [-0.05, 0) is 88.1 Å². The Kier molecular flexibility index (Phi) is 5.79. The monoisotopic (exact) mass is 448 g/mol. The van der Waals surface area contributed by atoms with Crippen LogP contribution in [0, 0.1) is 18.6 Å². The largest absolute Gasteiger partial charge is 0.379 e. The van der Waals surface area contributed by atoms with Crippen LogP contribution in [0.5, 0.6) is 5.75 Å². The first-order valence-corrected chi connectivity index (χ1v) is 11.8. The fourth-order valence-electron chi connectivity index (χ4n) is 4.48. The highest BCUT2D eigenvalue weighted by Gasteiger charge is 2.28. The molecule has 1 fully saturated rings. The molecule has 2 aromatic carbocycles. The van der Waals surface area contributed by atoms with Crippen LogP contribution in [0.15, 0.2) is 41.4 Å². The number of rotatable bonds is 5. The van der Waals surface area contributed by atoms with E-state index >= 15 is 0 Å². The topological polar surface area (TPSA) is 51.5 Å². The molecule has 1 saturated heterocycles. The van der Waals surface area contributed by atoms with Crippen LogP contribution >= 0.6 is 0 Å². The minimum atomic E-state index is -4.67. The summed E-state index contributed by atoms with van der Waals surface area (Å²) in [6.07, 6.45) is 4.17. The standard InChI is InChI=1S/C23H26F2N2O3S/c1-4-27-14-19(16-8-10-26(3)11-9-16)18-13-17(12-15(2)22(18)27)30-31(28,29)23-20(24)6-5-7-21(23)25/h5-7,12-14,16H,4,8-11H2,1-3H3. The number of benzene rings is 2. The molecule has 0 atom stereocenters. The van der Waals surface area contributed by atoms with E-state index in [4.69, 9.17) is 4.18 Å². The zero-order chi connectivity index (χ0) is 22.3. The summed E-state index contributed by atoms with van der Waals surface area (Å²) in [6.45, 7) is 6.73. The lowest BCUT2D eigenvalue weighted by atomic mass is 9.89. The molecule has 0 spiro atoms. The molecule has 0 bridgehead atoms. The van der Waals surface area contributed by atoms with Crippen molar-refractivity contribution in [2.24, 2.45) is 0 Å². The molecular formula is C23H26F2N2O3S. The molecule has 1 aliphatic heterocycles. The van der Waals surface area contributed by atoms with Gasteiger partial charge in [0.05, 0.1) is 5.52 Å². The summed E-state index contributed by atoms with van der Waals surface area (Å²) >= 11 is 0. The van der Waals surface area contributed by atoms with E-state index in [1.165, 1.54) is 0 Å². The van der Waals surface area contributed by atoms with Gasteiger partial charge in [-0.25, -0.2) is 8.78 Å². The fraction of sp³-hybridized carbons (Fsp3) is 0.391. The molecule has 4 rings (SSSR count). The first kappa shape index (κ1) is 21.8. The molecule has 31 heavy (non-hydrogen) atoms. The Balaban J connectivity index is 1.79. The van der Waals surface area contributed by atoms with Crippen molar-refractivity contribution < 1.29 is 21.4 Å². The number of nitrogens with zero attached hydrogens (tertiary/aromatic N) is 2. The molecule has 0 amide bonds. The first-order chi connectivity index (χ1) is 14.7. The molecule has 0 aliphatic carbocycles. The first-order valence-electron chi connectivity index (χ1n) is 10.4. The summed E-state index contributed by atoms with van der Waals surface area (Å²) in [6, 6.07) is 6.18. The van der Waals surface area contributed by atoms with Crippen LogP contribution in [0.4, 0.5) is 8.78 Å². The van der Waals surface area contributed by atoms with Crippen molar-refractivity contribution in [2.75, 3.05) is 20.1 Å². The lowest BCUT2D eigenvalue weighted by Crippen LogP contribution is -2.29. The summed E-state index contributed by atoms with van der Waals surface area (Å²) in [7, 11) is -2.56. The van der Waals surface area contributed by atoms with Gasteiger partial charge in [0.25, 0.3) is 0 Å². The van der Waals surface area contributed by atoms with Crippen molar-refractivity contribution in [3.05, 3.63) is 59.3 Å². The normalized spacial score (nSPS) is 16.2. The van der Waals surface area contributed by atoms with Gasteiger partial charge in [-0.1, -0.05) is 6.07 Å². The van der Waals surface area contributed by atoms with Crippen molar-refractivity contribution in [3.63, 3.8) is 0 Å². The van der Waals surface area contributed by atoms with Crippen molar-refractivity contribution >= 4 is 21.0 Å². The van der Waals surface area contributed by atoms with Crippen molar-refractivity contribution in [1.29, 1.82) is 0 Å². The Morgan fingerprint density at radius 2 is 1.77 bits per heavy atom. The van der Waals surface area contributed by atoms with Crippen LogP contribution in [-0.2, 0) is 16.7 Å². The summed E-state index contributed by atoms with van der Waals surface area (Å²) in [5, 5.41) is 0.926. The molecule has 1 aliphatic rings. The maximum Gasteiger partial charge on any atom is 0.345 e.